The largest absolute Gasteiger partial charge is 0.370 e. The number of benzene rings is 1. The fourth-order valence-corrected chi connectivity index (χ4v) is 2.81. The number of nitrogens with one attached hydrogen (secondary N) is 1. The van der Waals surface area contributed by atoms with E-state index < -0.39 is 0 Å². The smallest absolute Gasteiger partial charge is 0.162 e. The maximum Gasteiger partial charge on any atom is 0.162 e. The third-order valence-corrected chi connectivity index (χ3v) is 4.18. The minimum absolute atomic E-state index is 0.668. The normalized spacial score (nSPS) is 10.5. The second kappa shape index (κ2) is 8.19. The molecule has 0 saturated heterocycles. The van der Waals surface area contributed by atoms with Crippen LogP contribution in [0.15, 0.2) is 85.5 Å². The summed E-state index contributed by atoms with van der Waals surface area (Å²) in [7, 11) is 0. The molecule has 0 saturated carbocycles. The lowest BCUT2D eigenvalue weighted by Crippen LogP contribution is -2.08. The Hall–Kier alpha value is -3.60. The number of anilines is 1. The quantitative estimate of drug-likeness (QED) is 0.561. The summed E-state index contributed by atoms with van der Waals surface area (Å²) in [6.07, 6.45) is 7.99. The zero-order valence-corrected chi connectivity index (χ0v) is 14.8. The van der Waals surface area contributed by atoms with Crippen molar-refractivity contribution in [3.8, 4) is 22.6 Å². The van der Waals surface area contributed by atoms with Gasteiger partial charge in [0.1, 0.15) is 5.82 Å². The molecule has 5 nitrogen and oxygen atoms in total. The molecule has 4 aromatic rings. The summed E-state index contributed by atoms with van der Waals surface area (Å²) in [5.74, 6) is 1.47. The van der Waals surface area contributed by atoms with Gasteiger partial charge in [-0.15, -0.1) is 0 Å². The second-order valence-corrected chi connectivity index (χ2v) is 6.10. The van der Waals surface area contributed by atoms with Gasteiger partial charge in [0.15, 0.2) is 5.82 Å². The van der Waals surface area contributed by atoms with Crippen molar-refractivity contribution in [2.45, 2.75) is 6.42 Å². The number of rotatable bonds is 6. The SMILES string of the molecule is c1ccc(CCNc2cc(-c3cccnc3)nc(-c3ccncc3)n2)cc1. The molecular formula is C22H19N5. The summed E-state index contributed by atoms with van der Waals surface area (Å²) in [4.78, 5) is 17.7. The van der Waals surface area contributed by atoms with Crippen LogP contribution in [-0.2, 0) is 6.42 Å². The Morgan fingerprint density at radius 3 is 2.37 bits per heavy atom. The third kappa shape index (κ3) is 4.33. The maximum atomic E-state index is 4.72. The molecule has 1 aromatic carbocycles. The molecule has 3 heterocycles. The predicted molar refractivity (Wildman–Crippen MR) is 107 cm³/mol. The van der Waals surface area contributed by atoms with Gasteiger partial charge in [-0.3, -0.25) is 9.97 Å². The molecular weight excluding hydrogens is 334 g/mol. The first kappa shape index (κ1) is 16.8. The fraction of sp³-hybridized carbons (Fsp3) is 0.0909. The number of hydrogen-bond acceptors (Lipinski definition) is 5. The predicted octanol–water partition coefficient (Wildman–Crippen LogP) is 4.26. The molecule has 0 aliphatic rings. The van der Waals surface area contributed by atoms with Crippen LogP contribution >= 0.6 is 0 Å². The molecule has 0 atom stereocenters. The topological polar surface area (TPSA) is 63.6 Å². The Labute approximate surface area is 158 Å². The van der Waals surface area contributed by atoms with Crippen molar-refractivity contribution in [2.75, 3.05) is 11.9 Å². The van der Waals surface area contributed by atoms with E-state index in [1.807, 2.05) is 42.6 Å². The summed E-state index contributed by atoms with van der Waals surface area (Å²) in [5.41, 5.74) is 4.02. The lowest BCUT2D eigenvalue weighted by Gasteiger charge is -2.10. The van der Waals surface area contributed by atoms with E-state index in [0.717, 1.165) is 35.6 Å². The summed E-state index contributed by atoms with van der Waals surface area (Å²) in [6.45, 7) is 0.795. The summed E-state index contributed by atoms with van der Waals surface area (Å²) >= 11 is 0. The van der Waals surface area contributed by atoms with Crippen LogP contribution in [0.2, 0.25) is 0 Å². The molecule has 0 aliphatic carbocycles. The van der Waals surface area contributed by atoms with Gasteiger partial charge in [0.05, 0.1) is 5.69 Å². The summed E-state index contributed by atoms with van der Waals surface area (Å²) in [6, 6.07) is 20.1. The first-order chi connectivity index (χ1) is 13.4. The molecule has 4 rings (SSSR count). The molecule has 3 aromatic heterocycles. The van der Waals surface area contributed by atoms with E-state index in [2.05, 4.69) is 44.5 Å². The number of aromatic nitrogens is 4. The van der Waals surface area contributed by atoms with Gasteiger partial charge >= 0.3 is 0 Å². The molecule has 0 radical (unpaired) electrons. The summed E-state index contributed by atoms with van der Waals surface area (Å²) < 4.78 is 0. The highest BCUT2D eigenvalue weighted by Crippen LogP contribution is 2.23. The van der Waals surface area contributed by atoms with Crippen LogP contribution in [0.1, 0.15) is 5.56 Å². The van der Waals surface area contributed by atoms with Crippen LogP contribution in [0.5, 0.6) is 0 Å². The number of hydrogen-bond donors (Lipinski definition) is 1. The van der Waals surface area contributed by atoms with Crippen molar-refractivity contribution in [2.24, 2.45) is 0 Å². The van der Waals surface area contributed by atoms with Crippen LogP contribution in [0, 0.1) is 0 Å². The molecule has 0 amide bonds. The average Bonchev–Trinajstić information content (AvgIpc) is 2.76. The molecule has 132 valence electrons. The van der Waals surface area contributed by atoms with Crippen molar-refractivity contribution >= 4 is 5.82 Å². The molecule has 5 heteroatoms. The van der Waals surface area contributed by atoms with E-state index in [1.54, 1.807) is 18.6 Å². The van der Waals surface area contributed by atoms with E-state index in [4.69, 9.17) is 4.98 Å². The molecule has 0 bridgehead atoms. The lowest BCUT2D eigenvalue weighted by atomic mass is 10.1. The monoisotopic (exact) mass is 353 g/mol. The van der Waals surface area contributed by atoms with Gasteiger partial charge in [0.25, 0.3) is 0 Å². The molecule has 0 fully saturated rings. The maximum absolute atomic E-state index is 4.72. The van der Waals surface area contributed by atoms with Gasteiger partial charge in [-0.1, -0.05) is 30.3 Å². The lowest BCUT2D eigenvalue weighted by molar-refractivity contribution is 1.00. The van der Waals surface area contributed by atoms with Gasteiger partial charge in [-0.25, -0.2) is 9.97 Å². The minimum atomic E-state index is 0.668. The zero-order valence-electron chi connectivity index (χ0n) is 14.8. The van der Waals surface area contributed by atoms with E-state index in [0.29, 0.717) is 5.82 Å². The highest BCUT2D eigenvalue weighted by molar-refractivity contribution is 5.66. The van der Waals surface area contributed by atoms with Crippen molar-refractivity contribution in [3.63, 3.8) is 0 Å². The van der Waals surface area contributed by atoms with Crippen LogP contribution in [0.4, 0.5) is 5.82 Å². The highest BCUT2D eigenvalue weighted by Gasteiger charge is 2.09. The first-order valence-corrected chi connectivity index (χ1v) is 8.86. The Morgan fingerprint density at radius 2 is 1.59 bits per heavy atom. The van der Waals surface area contributed by atoms with Crippen molar-refractivity contribution in [1.29, 1.82) is 0 Å². The van der Waals surface area contributed by atoms with Crippen molar-refractivity contribution in [3.05, 3.63) is 91.0 Å². The van der Waals surface area contributed by atoms with Crippen molar-refractivity contribution in [1.82, 2.24) is 19.9 Å². The van der Waals surface area contributed by atoms with E-state index in [9.17, 15) is 0 Å². The molecule has 0 unspecified atom stereocenters. The van der Waals surface area contributed by atoms with Gasteiger partial charge < -0.3 is 5.32 Å². The Morgan fingerprint density at radius 1 is 0.741 bits per heavy atom. The van der Waals surface area contributed by atoms with Crippen LogP contribution < -0.4 is 5.32 Å². The standard InChI is InChI=1S/C22H19N5/c1-2-5-17(6-3-1)8-14-25-21-15-20(19-7-4-11-24-16-19)26-22(27-21)18-9-12-23-13-10-18/h1-7,9-13,15-16H,8,14H2,(H,25,26,27). The molecule has 1 N–H and O–H groups in total. The van der Waals surface area contributed by atoms with Crippen LogP contribution in [0.25, 0.3) is 22.6 Å². The Bertz CT molecular complexity index is 931. The second-order valence-electron chi connectivity index (χ2n) is 6.10. The van der Waals surface area contributed by atoms with Gasteiger partial charge in [-0.2, -0.15) is 0 Å². The number of nitrogens with zero attached hydrogens (tertiary/aromatic N) is 4. The van der Waals surface area contributed by atoms with Gasteiger partial charge in [0.2, 0.25) is 0 Å². The van der Waals surface area contributed by atoms with Crippen LogP contribution in [0.3, 0.4) is 0 Å². The molecule has 27 heavy (non-hydrogen) atoms. The third-order valence-electron chi connectivity index (χ3n) is 4.18. The van der Waals surface area contributed by atoms with E-state index in [1.165, 1.54) is 5.56 Å². The first-order valence-electron chi connectivity index (χ1n) is 8.86. The summed E-state index contributed by atoms with van der Waals surface area (Å²) in [5, 5.41) is 3.43. The average molecular weight is 353 g/mol. The Kier molecular flexibility index (Phi) is 5.11. The molecule has 0 spiro atoms. The Balaban J connectivity index is 1.62. The van der Waals surface area contributed by atoms with E-state index in [-0.39, 0.29) is 0 Å². The van der Waals surface area contributed by atoms with Crippen molar-refractivity contribution < 1.29 is 0 Å². The minimum Gasteiger partial charge on any atom is -0.370 e. The highest BCUT2D eigenvalue weighted by atomic mass is 15.0. The molecule has 0 aliphatic heterocycles. The fourth-order valence-electron chi connectivity index (χ4n) is 2.81. The van der Waals surface area contributed by atoms with Gasteiger partial charge in [-0.05, 0) is 36.2 Å². The zero-order chi connectivity index (χ0) is 18.3. The number of pyridine rings is 2. The van der Waals surface area contributed by atoms with E-state index >= 15 is 0 Å². The van der Waals surface area contributed by atoms with Crippen LogP contribution in [-0.4, -0.2) is 26.5 Å². The van der Waals surface area contributed by atoms with Gasteiger partial charge in [0, 0.05) is 48.5 Å².